The van der Waals surface area contributed by atoms with Gasteiger partial charge in [-0.3, -0.25) is 0 Å². The maximum atomic E-state index is 12.5. The van der Waals surface area contributed by atoms with Crippen molar-refractivity contribution >= 4 is 15.9 Å². The molecule has 1 heterocycles. The number of alkyl halides is 3. The van der Waals surface area contributed by atoms with E-state index >= 15 is 0 Å². The molecule has 1 aromatic carbocycles. The highest BCUT2D eigenvalue weighted by Gasteiger charge is 2.30. The number of hydrogen-bond donors (Lipinski definition) is 0. The Bertz CT molecular complexity index is 523. The van der Waals surface area contributed by atoms with E-state index in [4.69, 9.17) is 0 Å². The fourth-order valence-electron chi connectivity index (χ4n) is 1.32. The van der Waals surface area contributed by atoms with Crippen molar-refractivity contribution in [3.05, 3.63) is 46.6 Å². The third-order valence-electron chi connectivity index (χ3n) is 2.12. The van der Waals surface area contributed by atoms with Crippen LogP contribution in [0.25, 0.3) is 11.3 Å². The van der Waals surface area contributed by atoms with Gasteiger partial charge in [0.2, 0.25) is 0 Å². The predicted octanol–water partition coefficient (Wildman–Crippen LogP) is 3.92. The first kappa shape index (κ1) is 12.0. The fraction of sp³-hybridized carbons (Fsp3) is 0.0909. The van der Waals surface area contributed by atoms with E-state index in [2.05, 4.69) is 26.1 Å². The summed E-state index contributed by atoms with van der Waals surface area (Å²) in [6.45, 7) is 0. The Kier molecular flexibility index (Phi) is 3.15. The van der Waals surface area contributed by atoms with Crippen LogP contribution in [0.2, 0.25) is 0 Å². The molecule has 0 aliphatic carbocycles. The molecule has 1 aromatic heterocycles. The van der Waals surface area contributed by atoms with Crippen LogP contribution >= 0.6 is 15.9 Å². The van der Waals surface area contributed by atoms with Gasteiger partial charge in [0.05, 0.1) is 11.3 Å². The van der Waals surface area contributed by atoms with Gasteiger partial charge in [0.15, 0.2) is 0 Å². The fourth-order valence-corrected chi connectivity index (χ4v) is 1.54. The van der Waals surface area contributed by atoms with Crippen molar-refractivity contribution < 1.29 is 13.2 Å². The van der Waals surface area contributed by atoms with Gasteiger partial charge in [0.25, 0.3) is 0 Å². The number of halogens is 4. The Balaban J connectivity index is 2.43. The molecule has 0 aliphatic rings. The summed E-state index contributed by atoms with van der Waals surface area (Å²) < 4.78 is 38.0. The molecule has 88 valence electrons. The van der Waals surface area contributed by atoms with Gasteiger partial charge >= 0.3 is 6.18 Å². The van der Waals surface area contributed by atoms with Crippen molar-refractivity contribution in [1.82, 2.24) is 10.2 Å². The highest BCUT2D eigenvalue weighted by molar-refractivity contribution is 9.10. The van der Waals surface area contributed by atoms with Gasteiger partial charge in [-0.2, -0.15) is 13.2 Å². The zero-order chi connectivity index (χ0) is 12.5. The lowest BCUT2D eigenvalue weighted by atomic mass is 10.1. The number of hydrogen-bond acceptors (Lipinski definition) is 2. The van der Waals surface area contributed by atoms with Crippen molar-refractivity contribution in [2.24, 2.45) is 0 Å². The Morgan fingerprint density at radius 1 is 1.00 bits per heavy atom. The average molecular weight is 303 g/mol. The van der Waals surface area contributed by atoms with Gasteiger partial charge in [-0.05, 0) is 40.2 Å². The third kappa shape index (κ3) is 2.82. The van der Waals surface area contributed by atoms with Crippen LogP contribution in [0.3, 0.4) is 0 Å². The van der Waals surface area contributed by atoms with E-state index in [-0.39, 0.29) is 0 Å². The molecule has 0 saturated heterocycles. The van der Waals surface area contributed by atoms with Crippen molar-refractivity contribution in [1.29, 1.82) is 0 Å². The van der Waals surface area contributed by atoms with E-state index < -0.39 is 11.7 Å². The first-order chi connectivity index (χ1) is 7.97. The Morgan fingerprint density at radius 2 is 1.76 bits per heavy atom. The van der Waals surface area contributed by atoms with E-state index in [1.54, 1.807) is 18.2 Å². The van der Waals surface area contributed by atoms with Crippen molar-refractivity contribution in [3.8, 4) is 11.3 Å². The normalized spacial score (nSPS) is 11.5. The van der Waals surface area contributed by atoms with Crippen LogP contribution < -0.4 is 0 Å². The maximum Gasteiger partial charge on any atom is 0.416 e. The van der Waals surface area contributed by atoms with Crippen LogP contribution in [0.15, 0.2) is 41.0 Å². The number of benzene rings is 1. The second kappa shape index (κ2) is 4.44. The molecule has 2 rings (SSSR count). The second-order valence-electron chi connectivity index (χ2n) is 3.32. The molecule has 0 aliphatic heterocycles. The highest BCUT2D eigenvalue weighted by Crippen LogP contribution is 2.31. The highest BCUT2D eigenvalue weighted by atomic mass is 79.9. The van der Waals surface area contributed by atoms with Crippen LogP contribution in [0.5, 0.6) is 0 Å². The minimum atomic E-state index is -4.35. The molecular weight excluding hydrogens is 297 g/mol. The van der Waals surface area contributed by atoms with Gasteiger partial charge in [0.1, 0.15) is 4.60 Å². The second-order valence-corrected chi connectivity index (χ2v) is 4.13. The molecule has 0 saturated carbocycles. The van der Waals surface area contributed by atoms with Crippen molar-refractivity contribution in [2.45, 2.75) is 6.18 Å². The largest absolute Gasteiger partial charge is 0.416 e. The monoisotopic (exact) mass is 302 g/mol. The minimum Gasteiger partial charge on any atom is -0.166 e. The smallest absolute Gasteiger partial charge is 0.166 e. The summed E-state index contributed by atoms with van der Waals surface area (Å²) in [5.41, 5.74) is 0.0962. The van der Waals surface area contributed by atoms with Gasteiger partial charge in [-0.1, -0.05) is 12.1 Å². The van der Waals surface area contributed by atoms with Crippen molar-refractivity contribution in [3.63, 3.8) is 0 Å². The Morgan fingerprint density at radius 3 is 2.35 bits per heavy atom. The molecule has 17 heavy (non-hydrogen) atoms. The number of aromatic nitrogens is 2. The first-order valence-electron chi connectivity index (χ1n) is 4.64. The van der Waals surface area contributed by atoms with E-state index in [0.29, 0.717) is 15.9 Å². The predicted molar refractivity (Wildman–Crippen MR) is 60.2 cm³/mol. The molecule has 6 heteroatoms. The molecule has 0 spiro atoms. The summed E-state index contributed by atoms with van der Waals surface area (Å²) in [5, 5.41) is 7.54. The Hall–Kier alpha value is -1.43. The van der Waals surface area contributed by atoms with Crippen LogP contribution in [0.1, 0.15) is 5.56 Å². The molecule has 0 N–H and O–H groups in total. The third-order valence-corrected chi connectivity index (χ3v) is 2.54. The SMILES string of the molecule is FC(F)(F)c1cccc(-c2ccc(Br)nn2)c1. The van der Waals surface area contributed by atoms with Crippen LogP contribution in [-0.4, -0.2) is 10.2 Å². The summed E-state index contributed by atoms with van der Waals surface area (Å²) >= 11 is 3.11. The lowest BCUT2D eigenvalue weighted by molar-refractivity contribution is -0.137. The molecule has 0 amide bonds. The molecule has 2 aromatic rings. The van der Waals surface area contributed by atoms with E-state index in [1.807, 2.05) is 0 Å². The van der Waals surface area contributed by atoms with E-state index in [9.17, 15) is 13.2 Å². The van der Waals surface area contributed by atoms with Gasteiger partial charge in [0, 0.05) is 5.56 Å². The number of rotatable bonds is 1. The zero-order valence-electron chi connectivity index (χ0n) is 8.37. The molecule has 0 atom stereocenters. The molecule has 0 radical (unpaired) electrons. The van der Waals surface area contributed by atoms with Gasteiger partial charge in [-0.15, -0.1) is 10.2 Å². The van der Waals surface area contributed by atoms with Crippen LogP contribution in [-0.2, 0) is 6.18 Å². The van der Waals surface area contributed by atoms with E-state index in [1.165, 1.54) is 6.07 Å². The Labute approximate surface area is 104 Å². The van der Waals surface area contributed by atoms with Gasteiger partial charge in [-0.25, -0.2) is 0 Å². The molecular formula is C11H6BrF3N2. The van der Waals surface area contributed by atoms with Gasteiger partial charge < -0.3 is 0 Å². The summed E-state index contributed by atoms with van der Waals surface area (Å²) in [6.07, 6.45) is -4.35. The lowest BCUT2D eigenvalue weighted by Crippen LogP contribution is -2.04. The molecule has 2 nitrogen and oxygen atoms in total. The zero-order valence-corrected chi connectivity index (χ0v) is 9.96. The lowest BCUT2D eigenvalue weighted by Gasteiger charge is -2.07. The van der Waals surface area contributed by atoms with Crippen LogP contribution in [0.4, 0.5) is 13.2 Å². The molecule has 0 fully saturated rings. The number of nitrogens with zero attached hydrogens (tertiary/aromatic N) is 2. The van der Waals surface area contributed by atoms with Crippen molar-refractivity contribution in [2.75, 3.05) is 0 Å². The quantitative estimate of drug-likeness (QED) is 0.798. The first-order valence-corrected chi connectivity index (χ1v) is 5.43. The average Bonchev–Trinajstić information content (AvgIpc) is 2.29. The molecule has 0 unspecified atom stereocenters. The summed E-state index contributed by atoms with van der Waals surface area (Å²) in [6, 6.07) is 8.22. The van der Waals surface area contributed by atoms with Crippen LogP contribution in [0, 0.1) is 0 Å². The summed E-state index contributed by atoms with van der Waals surface area (Å²) in [5.74, 6) is 0. The molecule has 0 bridgehead atoms. The topological polar surface area (TPSA) is 25.8 Å². The summed E-state index contributed by atoms with van der Waals surface area (Å²) in [4.78, 5) is 0. The summed E-state index contributed by atoms with van der Waals surface area (Å²) in [7, 11) is 0. The van der Waals surface area contributed by atoms with E-state index in [0.717, 1.165) is 12.1 Å². The standard InChI is InChI=1S/C11H6BrF3N2/c12-10-5-4-9(16-17-10)7-2-1-3-8(6-7)11(13,14)15/h1-6H. The minimum absolute atomic E-state index is 0.389. The maximum absolute atomic E-state index is 12.5.